The Kier molecular flexibility index (Phi) is 11.3. The lowest BCUT2D eigenvalue weighted by molar-refractivity contribution is -0.131. The second kappa shape index (κ2) is 10.4. The van der Waals surface area contributed by atoms with Crippen LogP contribution < -0.4 is 5.73 Å². The van der Waals surface area contributed by atoms with Crippen LogP contribution in [0.2, 0.25) is 0 Å². The second-order valence-corrected chi connectivity index (χ2v) is 6.22. The maximum atomic E-state index is 12.1. The number of thiazole rings is 1. The molecule has 0 aliphatic heterocycles. The third-order valence-corrected chi connectivity index (χ3v) is 4.82. The first-order valence-corrected chi connectivity index (χ1v) is 7.65. The molecule has 2 N–H and O–H groups in total. The molecule has 124 valence electrons. The third kappa shape index (κ3) is 6.51. The first-order chi connectivity index (χ1) is 8.86. The highest BCUT2D eigenvalue weighted by Crippen LogP contribution is 2.29. The monoisotopic (exact) mass is 355 g/mol. The third-order valence-electron chi connectivity index (χ3n) is 3.35. The number of aromatic nitrogens is 1. The van der Waals surface area contributed by atoms with Gasteiger partial charge in [-0.2, -0.15) is 0 Å². The molecule has 21 heavy (non-hydrogen) atoms. The molecule has 1 rings (SSSR count). The van der Waals surface area contributed by atoms with Crippen molar-refractivity contribution in [1.82, 2.24) is 9.88 Å². The molecule has 1 heterocycles. The lowest BCUT2D eigenvalue weighted by Crippen LogP contribution is -2.30. The molecule has 2 atom stereocenters. The molecule has 0 aliphatic carbocycles. The molecule has 1 aromatic heterocycles. The quantitative estimate of drug-likeness (QED) is 0.849. The Morgan fingerprint density at radius 1 is 1.38 bits per heavy atom. The summed E-state index contributed by atoms with van der Waals surface area (Å²) in [6.07, 6.45) is 2.19. The molecule has 1 aromatic rings. The average molecular weight is 356 g/mol. The van der Waals surface area contributed by atoms with E-state index < -0.39 is 0 Å². The van der Waals surface area contributed by atoms with Gasteiger partial charge < -0.3 is 10.6 Å². The van der Waals surface area contributed by atoms with E-state index in [2.05, 4.69) is 18.8 Å². The fourth-order valence-electron chi connectivity index (χ4n) is 1.92. The number of aryl methyl sites for hydroxylation is 2. The van der Waals surface area contributed by atoms with Gasteiger partial charge in [-0.1, -0.05) is 6.92 Å². The van der Waals surface area contributed by atoms with Crippen LogP contribution in [-0.4, -0.2) is 28.9 Å². The number of rotatable bonds is 6. The number of nitrogens with two attached hydrogens (primary N) is 1. The van der Waals surface area contributed by atoms with Crippen LogP contribution in [-0.2, 0) is 11.2 Å². The molecule has 0 bridgehead atoms. The zero-order chi connectivity index (χ0) is 14.6. The van der Waals surface area contributed by atoms with Crippen molar-refractivity contribution in [3.8, 4) is 0 Å². The number of halogens is 2. The van der Waals surface area contributed by atoms with Crippen LogP contribution in [0.1, 0.15) is 55.2 Å². The Labute approximate surface area is 144 Å². The minimum atomic E-state index is 0. The van der Waals surface area contributed by atoms with E-state index in [9.17, 15) is 4.79 Å². The number of hydrogen-bond donors (Lipinski definition) is 1. The van der Waals surface area contributed by atoms with Crippen LogP contribution in [0.25, 0.3) is 0 Å². The summed E-state index contributed by atoms with van der Waals surface area (Å²) in [5, 5.41) is 1.13. The van der Waals surface area contributed by atoms with E-state index in [1.165, 1.54) is 4.88 Å². The molecule has 0 saturated carbocycles. The summed E-state index contributed by atoms with van der Waals surface area (Å²) >= 11 is 1.71. The summed E-state index contributed by atoms with van der Waals surface area (Å²) < 4.78 is 0. The molecule has 4 nitrogen and oxygen atoms in total. The Morgan fingerprint density at radius 3 is 2.38 bits per heavy atom. The fourth-order valence-corrected chi connectivity index (χ4v) is 3.03. The van der Waals surface area contributed by atoms with Crippen LogP contribution >= 0.6 is 36.2 Å². The zero-order valence-electron chi connectivity index (χ0n) is 13.4. The van der Waals surface area contributed by atoms with Crippen molar-refractivity contribution in [2.45, 2.75) is 59.0 Å². The van der Waals surface area contributed by atoms with Gasteiger partial charge in [-0.3, -0.25) is 4.79 Å². The first-order valence-electron chi connectivity index (χ1n) is 6.84. The Balaban J connectivity index is 0. The van der Waals surface area contributed by atoms with Crippen molar-refractivity contribution in [2.75, 3.05) is 7.05 Å². The molecular weight excluding hydrogens is 329 g/mol. The molecular formula is C14H27Cl2N3OS. The molecule has 2 unspecified atom stereocenters. The van der Waals surface area contributed by atoms with Gasteiger partial charge in [0.2, 0.25) is 5.91 Å². The van der Waals surface area contributed by atoms with Crippen LogP contribution in [0.15, 0.2) is 0 Å². The predicted molar refractivity (Wildman–Crippen MR) is 94.8 cm³/mol. The van der Waals surface area contributed by atoms with E-state index >= 15 is 0 Å². The van der Waals surface area contributed by atoms with Crippen LogP contribution in [0.3, 0.4) is 0 Å². The van der Waals surface area contributed by atoms with E-state index in [0.717, 1.165) is 23.5 Å². The molecule has 0 fully saturated rings. The normalized spacial score (nSPS) is 12.9. The van der Waals surface area contributed by atoms with Gasteiger partial charge in [-0.05, 0) is 33.6 Å². The maximum absolute atomic E-state index is 12.1. The molecule has 0 aliphatic rings. The summed E-state index contributed by atoms with van der Waals surface area (Å²) in [4.78, 5) is 19.6. The van der Waals surface area contributed by atoms with Crippen LogP contribution in [0.4, 0.5) is 0 Å². The van der Waals surface area contributed by atoms with Gasteiger partial charge in [0.1, 0.15) is 0 Å². The lowest BCUT2D eigenvalue weighted by Gasteiger charge is -2.24. The maximum Gasteiger partial charge on any atom is 0.222 e. The van der Waals surface area contributed by atoms with E-state index in [0.29, 0.717) is 6.42 Å². The smallest absolute Gasteiger partial charge is 0.222 e. The largest absolute Gasteiger partial charge is 0.338 e. The van der Waals surface area contributed by atoms with Crippen molar-refractivity contribution in [3.05, 3.63) is 15.6 Å². The zero-order valence-corrected chi connectivity index (χ0v) is 15.8. The highest BCUT2D eigenvalue weighted by molar-refractivity contribution is 7.11. The summed E-state index contributed by atoms with van der Waals surface area (Å²) in [7, 11) is 1.86. The van der Waals surface area contributed by atoms with Crippen LogP contribution in [0, 0.1) is 6.92 Å². The summed E-state index contributed by atoms with van der Waals surface area (Å²) in [5.41, 5.74) is 6.74. The SMILES string of the molecule is CCc1nc(C)c(C(C)N(C)C(=O)CCC(C)N)s1.Cl.Cl. The fraction of sp³-hybridized carbons (Fsp3) is 0.714. The molecule has 0 saturated heterocycles. The standard InChI is InChI=1S/C14H25N3OS.2ClH/c1-6-12-16-10(3)14(19-12)11(4)17(5)13(18)8-7-9(2)15;;/h9,11H,6-8,15H2,1-5H3;2*1H. The molecule has 0 aromatic carbocycles. The highest BCUT2D eigenvalue weighted by atomic mass is 35.5. The first kappa shape index (κ1) is 22.9. The van der Waals surface area contributed by atoms with Gasteiger partial charge in [0.15, 0.2) is 0 Å². The molecule has 7 heteroatoms. The number of amides is 1. The minimum Gasteiger partial charge on any atom is -0.338 e. The lowest BCUT2D eigenvalue weighted by atomic mass is 10.1. The van der Waals surface area contributed by atoms with Gasteiger partial charge in [0, 0.05) is 24.4 Å². The van der Waals surface area contributed by atoms with Gasteiger partial charge >= 0.3 is 0 Å². The van der Waals surface area contributed by atoms with Crippen molar-refractivity contribution in [3.63, 3.8) is 0 Å². The van der Waals surface area contributed by atoms with Crippen molar-refractivity contribution >= 4 is 42.1 Å². The molecule has 0 spiro atoms. The predicted octanol–water partition coefficient (Wildman–Crippen LogP) is 3.50. The Hall–Kier alpha value is -0.360. The van der Waals surface area contributed by atoms with Gasteiger partial charge in [0.05, 0.1) is 16.7 Å². The number of nitrogens with zero attached hydrogens (tertiary/aromatic N) is 2. The molecule has 0 radical (unpaired) electrons. The summed E-state index contributed by atoms with van der Waals surface area (Å²) in [6, 6.07) is 0.155. The number of carbonyl (C=O) groups excluding carboxylic acids is 1. The highest BCUT2D eigenvalue weighted by Gasteiger charge is 2.21. The number of carbonyl (C=O) groups is 1. The van der Waals surface area contributed by atoms with E-state index in [1.54, 1.807) is 11.3 Å². The van der Waals surface area contributed by atoms with E-state index in [4.69, 9.17) is 5.73 Å². The molecule has 1 amide bonds. The van der Waals surface area contributed by atoms with Crippen LogP contribution in [0.5, 0.6) is 0 Å². The van der Waals surface area contributed by atoms with E-state index in [1.807, 2.05) is 25.8 Å². The summed E-state index contributed by atoms with van der Waals surface area (Å²) in [5.74, 6) is 0.149. The van der Waals surface area contributed by atoms with E-state index in [-0.39, 0.29) is 42.8 Å². The van der Waals surface area contributed by atoms with Gasteiger partial charge in [0.25, 0.3) is 0 Å². The number of hydrogen-bond acceptors (Lipinski definition) is 4. The van der Waals surface area contributed by atoms with Crippen molar-refractivity contribution in [1.29, 1.82) is 0 Å². The Bertz CT molecular complexity index is 438. The second-order valence-electron chi connectivity index (χ2n) is 5.11. The Morgan fingerprint density at radius 2 is 1.95 bits per heavy atom. The van der Waals surface area contributed by atoms with Crippen molar-refractivity contribution < 1.29 is 4.79 Å². The topological polar surface area (TPSA) is 59.2 Å². The van der Waals surface area contributed by atoms with Gasteiger partial charge in [-0.15, -0.1) is 36.2 Å². The van der Waals surface area contributed by atoms with Crippen molar-refractivity contribution in [2.24, 2.45) is 5.73 Å². The summed E-state index contributed by atoms with van der Waals surface area (Å²) in [6.45, 7) is 8.10. The van der Waals surface area contributed by atoms with Gasteiger partial charge in [-0.25, -0.2) is 4.98 Å². The minimum absolute atomic E-state index is 0. The average Bonchev–Trinajstić information content (AvgIpc) is 2.75.